The summed E-state index contributed by atoms with van der Waals surface area (Å²) in [6.45, 7) is 0. The molecule has 0 saturated carbocycles. The molecule has 1 aromatic carbocycles. The number of hydrogen-bond acceptors (Lipinski definition) is 3. The van der Waals surface area contributed by atoms with E-state index in [0.29, 0.717) is 12.2 Å². The Morgan fingerprint density at radius 3 is 2.24 bits per heavy atom. The van der Waals surface area contributed by atoms with Gasteiger partial charge in [-0.1, -0.05) is 6.07 Å². The molecule has 2 heterocycles. The molecule has 0 spiro atoms. The minimum absolute atomic E-state index is 0.558. The maximum Gasteiger partial charge on any atom is 0.328 e. The quantitative estimate of drug-likeness (QED) is 0.627. The van der Waals surface area contributed by atoms with E-state index >= 15 is 0 Å². The number of nitrogens with one attached hydrogen (secondary N) is 1. The summed E-state index contributed by atoms with van der Waals surface area (Å²) in [5, 5.41) is 19.3. The summed E-state index contributed by atoms with van der Waals surface area (Å²) in [7, 11) is 0. The number of carboxylic acid groups (broad SMARTS) is 2. The Kier molecular flexibility index (Phi) is 4.30. The van der Waals surface area contributed by atoms with E-state index in [9.17, 15) is 9.59 Å². The highest BCUT2D eigenvalue weighted by molar-refractivity contribution is 5.96. The smallest absolute Gasteiger partial charge is 0.328 e. The third-order valence-corrected chi connectivity index (χ3v) is 2.65. The van der Waals surface area contributed by atoms with Gasteiger partial charge < -0.3 is 15.2 Å². The lowest BCUT2D eigenvalue weighted by atomic mass is 10.1. The molecule has 0 unspecified atom stereocenters. The van der Waals surface area contributed by atoms with Gasteiger partial charge in [-0.3, -0.25) is 4.98 Å². The summed E-state index contributed by atoms with van der Waals surface area (Å²) in [5.41, 5.74) is 1.05. The molecule has 0 amide bonds. The summed E-state index contributed by atoms with van der Waals surface area (Å²) < 4.78 is 0. The topological polar surface area (TPSA) is 103 Å². The SMILES string of the molecule is O=C(O)/C=C\C(=O)O.c1cnc2cc3c[nH]cc3cc2c1. The van der Waals surface area contributed by atoms with Gasteiger partial charge in [0.2, 0.25) is 0 Å². The molecule has 106 valence electrons. The van der Waals surface area contributed by atoms with Gasteiger partial charge in [0.05, 0.1) is 5.52 Å². The molecular formula is C15H12N2O4. The standard InChI is InChI=1S/C11H8N2.C4H4O4/c1-2-8-4-9-6-12-7-10(9)5-11(8)13-3-1;5-3(6)1-2-4(7)8/h1-7,12H;1-2H,(H,5,6)(H,7,8)/b;2-1-. The van der Waals surface area contributed by atoms with Gasteiger partial charge in [0.1, 0.15) is 0 Å². The van der Waals surface area contributed by atoms with Gasteiger partial charge in [-0.05, 0) is 23.6 Å². The first-order valence-electron chi connectivity index (χ1n) is 6.01. The van der Waals surface area contributed by atoms with Crippen LogP contribution in [-0.2, 0) is 9.59 Å². The van der Waals surface area contributed by atoms with Gasteiger partial charge in [0.25, 0.3) is 0 Å². The Morgan fingerprint density at radius 2 is 1.62 bits per heavy atom. The van der Waals surface area contributed by atoms with Crippen LogP contribution < -0.4 is 0 Å². The fraction of sp³-hybridized carbons (Fsp3) is 0. The van der Waals surface area contributed by atoms with Crippen molar-refractivity contribution < 1.29 is 19.8 Å². The van der Waals surface area contributed by atoms with Crippen molar-refractivity contribution in [1.82, 2.24) is 9.97 Å². The Balaban J connectivity index is 0.000000177. The number of aromatic nitrogens is 2. The zero-order chi connectivity index (χ0) is 15.2. The molecule has 0 aliphatic rings. The molecule has 0 fully saturated rings. The molecule has 3 aromatic rings. The summed E-state index contributed by atoms with van der Waals surface area (Å²) in [6.07, 6.45) is 6.93. The number of hydrogen-bond donors (Lipinski definition) is 3. The molecule has 0 radical (unpaired) electrons. The monoisotopic (exact) mass is 284 g/mol. The van der Waals surface area contributed by atoms with E-state index in [4.69, 9.17) is 10.2 Å². The number of rotatable bonds is 2. The van der Waals surface area contributed by atoms with E-state index in [1.165, 1.54) is 16.2 Å². The highest BCUT2D eigenvalue weighted by atomic mass is 16.4. The zero-order valence-corrected chi connectivity index (χ0v) is 10.9. The highest BCUT2D eigenvalue weighted by Crippen LogP contribution is 2.20. The van der Waals surface area contributed by atoms with Crippen LogP contribution >= 0.6 is 0 Å². The number of nitrogens with zero attached hydrogens (tertiary/aromatic N) is 1. The van der Waals surface area contributed by atoms with Crippen molar-refractivity contribution in [3.63, 3.8) is 0 Å². The molecule has 0 aliphatic heterocycles. The van der Waals surface area contributed by atoms with Crippen LogP contribution in [0.25, 0.3) is 21.7 Å². The number of fused-ring (bicyclic) bond motifs is 2. The minimum Gasteiger partial charge on any atom is -0.478 e. The Hall–Kier alpha value is -3.15. The van der Waals surface area contributed by atoms with Crippen LogP contribution in [0.4, 0.5) is 0 Å². The molecular weight excluding hydrogens is 272 g/mol. The molecule has 3 N–H and O–H groups in total. The summed E-state index contributed by atoms with van der Waals surface area (Å²) >= 11 is 0. The van der Waals surface area contributed by atoms with E-state index in [1.807, 2.05) is 24.7 Å². The number of aromatic amines is 1. The van der Waals surface area contributed by atoms with Crippen molar-refractivity contribution in [3.05, 3.63) is 55.0 Å². The second-order valence-corrected chi connectivity index (χ2v) is 4.14. The largest absolute Gasteiger partial charge is 0.478 e. The molecule has 2 aromatic heterocycles. The molecule has 0 saturated heterocycles. The number of benzene rings is 1. The van der Waals surface area contributed by atoms with Crippen molar-refractivity contribution in [3.8, 4) is 0 Å². The third-order valence-electron chi connectivity index (χ3n) is 2.65. The minimum atomic E-state index is -1.26. The number of carboxylic acids is 2. The van der Waals surface area contributed by atoms with Crippen LogP contribution in [0.15, 0.2) is 55.0 Å². The lowest BCUT2D eigenvalue weighted by Gasteiger charge is -1.95. The molecule has 0 bridgehead atoms. The lowest BCUT2D eigenvalue weighted by molar-refractivity contribution is -0.134. The van der Waals surface area contributed by atoms with E-state index in [2.05, 4.69) is 28.2 Å². The van der Waals surface area contributed by atoms with Crippen LogP contribution in [0, 0.1) is 0 Å². The molecule has 6 nitrogen and oxygen atoms in total. The fourth-order valence-electron chi connectivity index (χ4n) is 1.77. The van der Waals surface area contributed by atoms with E-state index in [0.717, 1.165) is 5.52 Å². The first-order valence-corrected chi connectivity index (χ1v) is 6.01. The van der Waals surface area contributed by atoms with Gasteiger partial charge in [0, 0.05) is 41.5 Å². The normalized spacial score (nSPS) is 10.5. The number of H-pyrrole nitrogens is 1. The Labute approximate surface area is 119 Å². The van der Waals surface area contributed by atoms with Crippen molar-refractivity contribution >= 4 is 33.6 Å². The maximum absolute atomic E-state index is 9.55. The van der Waals surface area contributed by atoms with Crippen LogP contribution in [0.1, 0.15) is 0 Å². The molecule has 6 heteroatoms. The van der Waals surface area contributed by atoms with Crippen LogP contribution in [0.5, 0.6) is 0 Å². The van der Waals surface area contributed by atoms with Crippen molar-refractivity contribution in [2.45, 2.75) is 0 Å². The predicted molar refractivity (Wildman–Crippen MR) is 78.0 cm³/mol. The molecule has 0 atom stereocenters. The summed E-state index contributed by atoms with van der Waals surface area (Å²) in [6, 6.07) is 8.28. The summed E-state index contributed by atoms with van der Waals surface area (Å²) in [4.78, 5) is 26.5. The summed E-state index contributed by atoms with van der Waals surface area (Å²) in [5.74, 6) is -2.51. The first kappa shape index (κ1) is 14.3. The van der Waals surface area contributed by atoms with Crippen molar-refractivity contribution in [1.29, 1.82) is 0 Å². The molecule has 3 rings (SSSR count). The maximum atomic E-state index is 9.55. The number of pyridine rings is 1. The van der Waals surface area contributed by atoms with Gasteiger partial charge in [-0.25, -0.2) is 9.59 Å². The average Bonchev–Trinajstić information content (AvgIpc) is 2.90. The van der Waals surface area contributed by atoms with E-state index in [-0.39, 0.29) is 0 Å². The Morgan fingerprint density at radius 1 is 1.00 bits per heavy atom. The van der Waals surface area contributed by atoms with Gasteiger partial charge >= 0.3 is 11.9 Å². The van der Waals surface area contributed by atoms with Crippen molar-refractivity contribution in [2.75, 3.05) is 0 Å². The number of aliphatic carboxylic acids is 2. The van der Waals surface area contributed by atoms with Crippen LogP contribution in [0.2, 0.25) is 0 Å². The molecule has 0 aliphatic carbocycles. The van der Waals surface area contributed by atoms with Gasteiger partial charge in [-0.15, -0.1) is 0 Å². The average molecular weight is 284 g/mol. The number of carbonyl (C=O) groups is 2. The highest BCUT2D eigenvalue weighted by Gasteiger charge is 1.97. The second-order valence-electron chi connectivity index (χ2n) is 4.14. The second kappa shape index (κ2) is 6.33. The van der Waals surface area contributed by atoms with Crippen LogP contribution in [-0.4, -0.2) is 32.1 Å². The first-order chi connectivity index (χ1) is 10.1. The van der Waals surface area contributed by atoms with Gasteiger partial charge in [0.15, 0.2) is 0 Å². The zero-order valence-electron chi connectivity index (χ0n) is 10.9. The van der Waals surface area contributed by atoms with E-state index in [1.54, 1.807) is 0 Å². The Bertz CT molecular complexity index is 755. The third kappa shape index (κ3) is 3.90. The van der Waals surface area contributed by atoms with Crippen molar-refractivity contribution in [2.24, 2.45) is 0 Å². The fourth-order valence-corrected chi connectivity index (χ4v) is 1.77. The predicted octanol–water partition coefficient (Wildman–Crippen LogP) is 2.43. The van der Waals surface area contributed by atoms with Crippen LogP contribution in [0.3, 0.4) is 0 Å². The van der Waals surface area contributed by atoms with E-state index < -0.39 is 11.9 Å². The lowest BCUT2D eigenvalue weighted by Crippen LogP contribution is -1.91. The van der Waals surface area contributed by atoms with Gasteiger partial charge in [-0.2, -0.15) is 0 Å². The molecule has 21 heavy (non-hydrogen) atoms.